The van der Waals surface area contributed by atoms with Crippen LogP contribution in [0.15, 0.2) is 53.4 Å². The zero-order valence-corrected chi connectivity index (χ0v) is 20.9. The molecule has 2 amide bonds. The first-order valence-electron chi connectivity index (χ1n) is 11.6. The Morgan fingerprint density at radius 1 is 1.14 bits per heavy atom. The minimum absolute atomic E-state index is 0.00844. The van der Waals surface area contributed by atoms with Gasteiger partial charge in [0.15, 0.2) is 0 Å². The molecule has 0 saturated carbocycles. The normalized spacial score (nSPS) is 19.9. The van der Waals surface area contributed by atoms with Gasteiger partial charge in [0.05, 0.1) is 22.9 Å². The second-order valence-corrected chi connectivity index (χ2v) is 11.3. The highest BCUT2D eigenvalue weighted by atomic mass is 35.5. The zero-order chi connectivity index (χ0) is 25.2. The first-order chi connectivity index (χ1) is 16.7. The number of nitrogens with zero attached hydrogens (tertiary/aromatic N) is 3. The summed E-state index contributed by atoms with van der Waals surface area (Å²) >= 11 is 5.95. The molecule has 1 unspecified atom stereocenters. The zero-order valence-electron chi connectivity index (χ0n) is 19.4. The smallest absolute Gasteiger partial charge is 0.254 e. The van der Waals surface area contributed by atoms with Crippen LogP contribution in [0.4, 0.5) is 0 Å². The van der Waals surface area contributed by atoms with Crippen LogP contribution < -0.4 is 5.32 Å². The van der Waals surface area contributed by atoms with Crippen molar-refractivity contribution in [2.45, 2.75) is 43.2 Å². The predicted molar refractivity (Wildman–Crippen MR) is 131 cm³/mol. The maximum absolute atomic E-state index is 13.4. The number of nitriles is 1. The van der Waals surface area contributed by atoms with Gasteiger partial charge >= 0.3 is 0 Å². The number of carbonyl (C=O) groups excluding carboxylic acids is 2. The third-order valence-corrected chi connectivity index (χ3v) is 8.62. The molecule has 2 aliphatic rings. The number of rotatable bonds is 6. The van der Waals surface area contributed by atoms with Crippen molar-refractivity contribution in [2.75, 3.05) is 19.6 Å². The molecule has 0 aliphatic carbocycles. The second kappa shape index (κ2) is 10.4. The molecule has 2 fully saturated rings. The van der Waals surface area contributed by atoms with Gasteiger partial charge in [-0.3, -0.25) is 9.59 Å². The van der Waals surface area contributed by atoms with Crippen LogP contribution in [0.25, 0.3) is 0 Å². The second-order valence-electron chi connectivity index (χ2n) is 8.97. The maximum atomic E-state index is 13.4. The van der Waals surface area contributed by atoms with E-state index < -0.39 is 16.1 Å². The predicted octanol–water partition coefficient (Wildman–Crippen LogP) is 3.36. The van der Waals surface area contributed by atoms with Crippen molar-refractivity contribution in [1.82, 2.24) is 14.5 Å². The fourth-order valence-corrected chi connectivity index (χ4v) is 6.12. The van der Waals surface area contributed by atoms with Crippen LogP contribution in [0, 0.1) is 17.2 Å². The Morgan fingerprint density at radius 2 is 1.86 bits per heavy atom. The molecule has 10 heteroatoms. The molecule has 35 heavy (non-hydrogen) atoms. The van der Waals surface area contributed by atoms with Gasteiger partial charge in [-0.1, -0.05) is 29.8 Å². The Kier molecular flexibility index (Phi) is 7.45. The topological polar surface area (TPSA) is 111 Å². The van der Waals surface area contributed by atoms with E-state index in [0.29, 0.717) is 18.0 Å². The summed E-state index contributed by atoms with van der Waals surface area (Å²) in [7, 11) is -3.79. The summed E-state index contributed by atoms with van der Waals surface area (Å²) in [6, 6.07) is 14.3. The Labute approximate surface area is 210 Å². The van der Waals surface area contributed by atoms with Crippen LogP contribution in [0.5, 0.6) is 0 Å². The molecule has 2 aliphatic heterocycles. The van der Waals surface area contributed by atoms with Gasteiger partial charge in [0.1, 0.15) is 6.04 Å². The lowest BCUT2D eigenvalue weighted by atomic mass is 9.99. The van der Waals surface area contributed by atoms with Gasteiger partial charge < -0.3 is 10.2 Å². The van der Waals surface area contributed by atoms with Crippen molar-refractivity contribution in [3.63, 3.8) is 0 Å². The monoisotopic (exact) mass is 514 g/mol. The molecular formula is C25H27ClN4O4S. The number of amides is 2. The summed E-state index contributed by atoms with van der Waals surface area (Å²) < 4.78 is 27.0. The number of hydrogen-bond donors (Lipinski definition) is 1. The number of carbonyl (C=O) groups is 2. The van der Waals surface area contributed by atoms with Crippen LogP contribution in [0.2, 0.25) is 5.02 Å². The van der Waals surface area contributed by atoms with Gasteiger partial charge in [-0.15, -0.1) is 0 Å². The molecule has 2 heterocycles. The van der Waals surface area contributed by atoms with E-state index in [-0.39, 0.29) is 47.3 Å². The van der Waals surface area contributed by atoms with Crippen LogP contribution in [-0.4, -0.2) is 55.1 Å². The Hall–Kier alpha value is -2.93. The lowest BCUT2D eigenvalue weighted by Crippen LogP contribution is -2.52. The van der Waals surface area contributed by atoms with E-state index >= 15 is 0 Å². The van der Waals surface area contributed by atoms with Crippen LogP contribution >= 0.6 is 11.6 Å². The molecule has 4 rings (SSSR count). The van der Waals surface area contributed by atoms with E-state index in [1.807, 2.05) is 19.1 Å². The number of hydrogen-bond acceptors (Lipinski definition) is 5. The highest BCUT2D eigenvalue weighted by molar-refractivity contribution is 7.89. The fourth-order valence-electron chi connectivity index (χ4n) is 4.41. The maximum Gasteiger partial charge on any atom is 0.254 e. The molecule has 2 aromatic carbocycles. The number of halogens is 1. The average Bonchev–Trinajstić information content (AvgIpc) is 2.83. The summed E-state index contributed by atoms with van der Waals surface area (Å²) in [6.45, 7) is 2.59. The first-order valence-corrected chi connectivity index (χ1v) is 13.4. The minimum atomic E-state index is -3.79. The lowest BCUT2D eigenvalue weighted by Gasteiger charge is -2.36. The first kappa shape index (κ1) is 25.2. The number of benzene rings is 2. The highest BCUT2D eigenvalue weighted by Gasteiger charge is 2.38. The standard InChI is InChI=1S/C25H27ClN4O4S/c1-17(19-8-10-21(26)11-9-19)28-24(31)23-7-2-3-12-30(23)25(32)20-5-4-6-22(13-20)35(33,34)29-15-18(14-27)16-29/h4-6,8-11,13,17-18,23H,2-3,7,12,15-16H2,1H3,(H,28,31)/t17-,23?/m0/s1. The van der Waals surface area contributed by atoms with Gasteiger partial charge in [-0.25, -0.2) is 8.42 Å². The molecule has 0 bridgehead atoms. The Bertz CT molecular complexity index is 1250. The molecule has 0 spiro atoms. The Morgan fingerprint density at radius 3 is 2.54 bits per heavy atom. The van der Waals surface area contributed by atoms with Crippen molar-refractivity contribution in [1.29, 1.82) is 5.26 Å². The molecule has 8 nitrogen and oxygen atoms in total. The van der Waals surface area contributed by atoms with Gasteiger partial charge in [-0.05, 0) is 62.1 Å². The van der Waals surface area contributed by atoms with Gasteiger partial charge in [0.25, 0.3) is 5.91 Å². The summed E-state index contributed by atoms with van der Waals surface area (Å²) in [5.41, 5.74) is 1.12. The van der Waals surface area contributed by atoms with Crippen molar-refractivity contribution < 1.29 is 18.0 Å². The molecule has 2 aromatic rings. The molecule has 0 aromatic heterocycles. The lowest BCUT2D eigenvalue weighted by molar-refractivity contribution is -0.127. The molecular weight excluding hydrogens is 488 g/mol. The molecule has 0 radical (unpaired) electrons. The SMILES string of the molecule is C[C@H](NC(=O)C1CCCCN1C(=O)c1cccc(S(=O)(=O)N2CC(C#N)C2)c1)c1ccc(Cl)cc1. The van der Waals surface area contributed by atoms with E-state index in [0.717, 1.165) is 18.4 Å². The summed E-state index contributed by atoms with van der Waals surface area (Å²) in [4.78, 5) is 28.1. The van der Waals surface area contributed by atoms with E-state index in [4.69, 9.17) is 16.9 Å². The van der Waals surface area contributed by atoms with Crippen LogP contribution in [-0.2, 0) is 14.8 Å². The fraction of sp³-hybridized carbons (Fsp3) is 0.400. The third kappa shape index (κ3) is 5.35. The van der Waals surface area contributed by atoms with Gasteiger partial charge in [0, 0.05) is 30.2 Å². The van der Waals surface area contributed by atoms with E-state index in [2.05, 4.69) is 11.4 Å². The Balaban J connectivity index is 1.50. The van der Waals surface area contributed by atoms with Crippen molar-refractivity contribution in [2.24, 2.45) is 5.92 Å². The van der Waals surface area contributed by atoms with Gasteiger partial charge in [0.2, 0.25) is 15.9 Å². The number of nitrogens with one attached hydrogen (secondary N) is 1. The molecule has 1 N–H and O–H groups in total. The van der Waals surface area contributed by atoms with E-state index in [1.54, 1.807) is 18.2 Å². The van der Waals surface area contributed by atoms with Crippen LogP contribution in [0.3, 0.4) is 0 Å². The molecule has 184 valence electrons. The largest absolute Gasteiger partial charge is 0.348 e. The summed E-state index contributed by atoms with van der Waals surface area (Å²) in [5, 5.41) is 12.5. The van der Waals surface area contributed by atoms with E-state index in [9.17, 15) is 18.0 Å². The number of likely N-dealkylation sites (tertiary alicyclic amines) is 1. The highest BCUT2D eigenvalue weighted by Crippen LogP contribution is 2.27. The molecule has 2 atom stereocenters. The van der Waals surface area contributed by atoms with E-state index in [1.165, 1.54) is 27.4 Å². The van der Waals surface area contributed by atoms with Crippen LogP contribution in [0.1, 0.15) is 48.1 Å². The quantitative estimate of drug-likeness (QED) is 0.635. The summed E-state index contributed by atoms with van der Waals surface area (Å²) in [5.74, 6) is -0.926. The number of piperidine rings is 1. The summed E-state index contributed by atoms with van der Waals surface area (Å²) in [6.07, 6.45) is 2.12. The third-order valence-electron chi connectivity index (χ3n) is 6.54. The van der Waals surface area contributed by atoms with Gasteiger partial charge in [-0.2, -0.15) is 9.57 Å². The van der Waals surface area contributed by atoms with Crippen molar-refractivity contribution in [3.8, 4) is 6.07 Å². The minimum Gasteiger partial charge on any atom is -0.348 e. The van der Waals surface area contributed by atoms with Crippen molar-refractivity contribution in [3.05, 3.63) is 64.7 Å². The average molecular weight is 515 g/mol. The number of sulfonamides is 1. The van der Waals surface area contributed by atoms with Crippen molar-refractivity contribution >= 4 is 33.4 Å². The molecule has 2 saturated heterocycles.